The predicted octanol–water partition coefficient (Wildman–Crippen LogP) is 5.60. The summed E-state index contributed by atoms with van der Waals surface area (Å²) in [5, 5.41) is 3.39. The van der Waals surface area contributed by atoms with Gasteiger partial charge in [-0.05, 0) is 12.8 Å². The lowest BCUT2D eigenvalue weighted by molar-refractivity contribution is 0.293. The van der Waals surface area contributed by atoms with Gasteiger partial charge in [-0.2, -0.15) is 4.21 Å². The van der Waals surface area contributed by atoms with Crippen LogP contribution in [0.2, 0.25) is 0 Å². The minimum atomic E-state index is -2.14. The first-order valence-corrected chi connectivity index (χ1v) is 11.2. The van der Waals surface area contributed by atoms with E-state index < -0.39 is 11.4 Å². The molecule has 0 spiro atoms. The van der Waals surface area contributed by atoms with Crippen LogP contribution in [-0.4, -0.2) is 28.0 Å². The minimum absolute atomic E-state index is 0.290. The second kappa shape index (κ2) is 19.4. The summed E-state index contributed by atoms with van der Waals surface area (Å²) in [6.07, 6.45) is 18.9. The lowest BCUT2D eigenvalue weighted by atomic mass is 10.0. The van der Waals surface area contributed by atoms with E-state index in [-0.39, 0.29) is 6.61 Å². The second-order valence-electron chi connectivity index (χ2n) is 6.78. The van der Waals surface area contributed by atoms with Crippen molar-refractivity contribution in [3.63, 3.8) is 0 Å². The van der Waals surface area contributed by atoms with Crippen molar-refractivity contribution in [2.24, 2.45) is 0 Å². The molecular weight excluding hydrogens is 322 g/mol. The Bertz CT molecular complexity index is 277. The van der Waals surface area contributed by atoms with E-state index in [1.54, 1.807) is 0 Å². The molecule has 0 aliphatic rings. The molecule has 5 heteroatoms. The van der Waals surface area contributed by atoms with Crippen LogP contribution in [0.3, 0.4) is 0 Å². The van der Waals surface area contributed by atoms with Crippen LogP contribution in [-0.2, 0) is 15.5 Å². The predicted molar refractivity (Wildman–Crippen MR) is 104 cm³/mol. The van der Waals surface area contributed by atoms with Crippen LogP contribution in [0.15, 0.2) is 0 Å². The zero-order valence-electron chi connectivity index (χ0n) is 16.1. The summed E-state index contributed by atoms with van der Waals surface area (Å²) >= 11 is -2.14. The number of hydrogen-bond donors (Lipinski definition) is 2. The van der Waals surface area contributed by atoms with Crippen LogP contribution in [0.4, 0.5) is 0 Å². The van der Waals surface area contributed by atoms with Gasteiger partial charge in [-0.15, -0.1) is 0 Å². The highest BCUT2D eigenvalue weighted by molar-refractivity contribution is 7.74. The summed E-state index contributed by atoms with van der Waals surface area (Å²) in [5.41, 5.74) is 0. The van der Waals surface area contributed by atoms with Gasteiger partial charge in [0.1, 0.15) is 0 Å². The zero-order chi connectivity index (χ0) is 17.9. The van der Waals surface area contributed by atoms with E-state index in [1.807, 2.05) is 0 Å². The highest BCUT2D eigenvalue weighted by atomic mass is 32.2. The van der Waals surface area contributed by atoms with Crippen LogP contribution < -0.4 is 5.32 Å². The molecule has 0 saturated heterocycles. The molecule has 0 aromatic heterocycles. The Hall–Kier alpha value is 0.0300. The molecule has 0 amide bonds. The molecule has 0 radical (unpaired) electrons. The van der Waals surface area contributed by atoms with Gasteiger partial charge in [0, 0.05) is 12.6 Å². The molecule has 4 nitrogen and oxygen atoms in total. The molecule has 0 aromatic rings. The van der Waals surface area contributed by atoms with Gasteiger partial charge in [-0.1, -0.05) is 90.9 Å². The Labute approximate surface area is 153 Å². The maximum Gasteiger partial charge on any atom is 0.301 e. The molecule has 0 fully saturated rings. The number of rotatable bonds is 19. The summed E-state index contributed by atoms with van der Waals surface area (Å²) in [4.78, 5) is 0. The lowest BCUT2D eigenvalue weighted by Crippen LogP contribution is -2.31. The van der Waals surface area contributed by atoms with Crippen LogP contribution in [0.1, 0.15) is 104 Å². The molecule has 0 aromatic carbocycles. The first-order valence-electron chi connectivity index (χ1n) is 10.2. The maximum absolute atomic E-state index is 10.4. The first kappa shape index (κ1) is 24.0. The van der Waals surface area contributed by atoms with Gasteiger partial charge in [0.05, 0.1) is 6.61 Å². The SMILES string of the molecule is CCCCCCCCCCCCCCC(CC)NCCOS(=O)O. The Balaban J connectivity index is 3.27. The van der Waals surface area contributed by atoms with E-state index in [0.717, 1.165) is 6.42 Å². The third-order valence-electron chi connectivity index (χ3n) is 4.62. The molecule has 0 rings (SSSR count). The Morgan fingerprint density at radius 1 is 0.875 bits per heavy atom. The molecule has 0 saturated carbocycles. The largest absolute Gasteiger partial charge is 0.312 e. The zero-order valence-corrected chi connectivity index (χ0v) is 16.9. The topological polar surface area (TPSA) is 58.6 Å². The molecule has 2 atom stereocenters. The van der Waals surface area contributed by atoms with Gasteiger partial charge in [-0.25, -0.2) is 0 Å². The summed E-state index contributed by atoms with van der Waals surface area (Å²) in [6, 6.07) is 0.504. The van der Waals surface area contributed by atoms with E-state index in [1.165, 1.54) is 83.5 Å². The molecule has 0 aliphatic heterocycles. The molecule has 2 unspecified atom stereocenters. The molecule has 0 heterocycles. The van der Waals surface area contributed by atoms with Crippen molar-refractivity contribution in [1.82, 2.24) is 5.32 Å². The first-order chi connectivity index (χ1) is 11.7. The summed E-state index contributed by atoms with van der Waals surface area (Å²) in [7, 11) is 0. The van der Waals surface area contributed by atoms with Gasteiger partial charge >= 0.3 is 11.4 Å². The fraction of sp³-hybridized carbons (Fsp3) is 1.00. The maximum atomic E-state index is 10.4. The Kier molecular flexibility index (Phi) is 19.4. The highest BCUT2D eigenvalue weighted by Crippen LogP contribution is 2.13. The van der Waals surface area contributed by atoms with Gasteiger partial charge < -0.3 is 5.32 Å². The number of unbranched alkanes of at least 4 members (excludes halogenated alkanes) is 11. The molecule has 146 valence electrons. The van der Waals surface area contributed by atoms with Gasteiger partial charge in [0.25, 0.3) is 0 Å². The third kappa shape index (κ3) is 18.4. The van der Waals surface area contributed by atoms with E-state index in [0.29, 0.717) is 12.6 Å². The molecule has 24 heavy (non-hydrogen) atoms. The van der Waals surface area contributed by atoms with Crippen LogP contribution >= 0.6 is 0 Å². The Morgan fingerprint density at radius 3 is 1.83 bits per heavy atom. The smallest absolute Gasteiger partial charge is 0.301 e. The van der Waals surface area contributed by atoms with Crippen molar-refractivity contribution >= 4 is 11.4 Å². The molecular formula is C19H41NO3S. The van der Waals surface area contributed by atoms with Crippen LogP contribution in [0.5, 0.6) is 0 Å². The standard InChI is InChI=1S/C19H41NO3S/c1-3-5-6-7-8-9-10-11-12-13-14-15-16-19(4-2)20-17-18-23-24(21)22/h19-20H,3-18H2,1-2H3,(H,21,22). The van der Waals surface area contributed by atoms with Gasteiger partial charge in [0.2, 0.25) is 0 Å². The second-order valence-corrected chi connectivity index (χ2v) is 7.45. The quantitative estimate of drug-likeness (QED) is 0.232. The van der Waals surface area contributed by atoms with Gasteiger partial charge in [0.15, 0.2) is 0 Å². The fourth-order valence-electron chi connectivity index (χ4n) is 3.06. The third-order valence-corrected chi connectivity index (χ3v) is 4.99. The van der Waals surface area contributed by atoms with Crippen molar-refractivity contribution in [3.05, 3.63) is 0 Å². The lowest BCUT2D eigenvalue weighted by Gasteiger charge is -2.16. The normalized spacial score (nSPS) is 14.0. The summed E-state index contributed by atoms with van der Waals surface area (Å²) in [6.45, 7) is 5.39. The fourth-order valence-corrected chi connectivity index (χ4v) is 3.28. The average Bonchev–Trinajstić information content (AvgIpc) is 2.57. The summed E-state index contributed by atoms with van der Waals surface area (Å²) in [5.74, 6) is 0. The van der Waals surface area contributed by atoms with Crippen LogP contribution in [0, 0.1) is 0 Å². The monoisotopic (exact) mass is 363 g/mol. The van der Waals surface area contributed by atoms with Crippen molar-refractivity contribution in [2.45, 2.75) is 110 Å². The summed E-state index contributed by atoms with van der Waals surface area (Å²) < 4.78 is 23.5. The number of nitrogens with one attached hydrogen (secondary N) is 1. The highest BCUT2D eigenvalue weighted by Gasteiger charge is 2.05. The van der Waals surface area contributed by atoms with E-state index >= 15 is 0 Å². The van der Waals surface area contributed by atoms with E-state index in [2.05, 4.69) is 23.3 Å². The van der Waals surface area contributed by atoms with Crippen molar-refractivity contribution in [1.29, 1.82) is 0 Å². The minimum Gasteiger partial charge on any atom is -0.312 e. The van der Waals surface area contributed by atoms with Crippen LogP contribution in [0.25, 0.3) is 0 Å². The van der Waals surface area contributed by atoms with Crippen molar-refractivity contribution < 1.29 is 12.9 Å². The number of hydrogen-bond acceptors (Lipinski definition) is 3. The average molecular weight is 364 g/mol. The van der Waals surface area contributed by atoms with Crippen molar-refractivity contribution in [3.8, 4) is 0 Å². The molecule has 2 N–H and O–H groups in total. The van der Waals surface area contributed by atoms with E-state index in [9.17, 15) is 4.21 Å². The van der Waals surface area contributed by atoms with E-state index in [4.69, 9.17) is 4.55 Å². The Morgan fingerprint density at radius 2 is 1.38 bits per heavy atom. The van der Waals surface area contributed by atoms with Gasteiger partial charge in [-0.3, -0.25) is 8.74 Å². The molecule has 0 bridgehead atoms. The van der Waals surface area contributed by atoms with Crippen molar-refractivity contribution in [2.75, 3.05) is 13.2 Å². The molecule has 0 aliphatic carbocycles.